The highest BCUT2D eigenvalue weighted by Crippen LogP contribution is 2.10. The van der Waals surface area contributed by atoms with Crippen molar-refractivity contribution in [2.75, 3.05) is 0 Å². The molecule has 8 heteroatoms. The van der Waals surface area contributed by atoms with E-state index in [0.717, 1.165) is 57.8 Å². The number of rotatable bonds is 26. The van der Waals surface area contributed by atoms with Crippen LogP contribution in [-0.4, -0.2) is 35.7 Å². The van der Waals surface area contributed by atoms with Crippen LogP contribution in [0.1, 0.15) is 189 Å². The fourth-order valence-corrected chi connectivity index (χ4v) is 4.98. The standard InChI is InChI=1S/C35H67N5O3/c1-6-9-12-15-18-21-24-27-32(41)36-30(4)38-35(40-34(43)29-26-23-20-17-14-11-8-3)39-31(5)37-33(42)28-25-22-19-16-13-10-7-2/h30H,6-29H2,1-5H3,(H,36,41)(H2,37,38,39,40,42,43). The van der Waals surface area contributed by atoms with Crippen LogP contribution in [0.15, 0.2) is 9.98 Å². The zero-order valence-corrected chi connectivity index (χ0v) is 28.7. The molecule has 0 spiro atoms. The molecule has 250 valence electrons. The second kappa shape index (κ2) is 29.8. The quantitative estimate of drug-likeness (QED) is 0.0520. The number of carbonyl (C=O) groups is 3. The third kappa shape index (κ3) is 28.3. The number of nitrogens with zero attached hydrogens (tertiary/aromatic N) is 2. The number of hydrogen-bond donors (Lipinski definition) is 3. The lowest BCUT2D eigenvalue weighted by atomic mass is 10.1. The van der Waals surface area contributed by atoms with Crippen molar-refractivity contribution in [1.29, 1.82) is 0 Å². The molecule has 0 aliphatic heterocycles. The Morgan fingerprint density at radius 2 is 0.860 bits per heavy atom. The van der Waals surface area contributed by atoms with Gasteiger partial charge in [0.2, 0.25) is 23.7 Å². The highest BCUT2D eigenvalue weighted by Gasteiger charge is 2.12. The fourth-order valence-electron chi connectivity index (χ4n) is 4.98. The maximum atomic E-state index is 12.7. The first-order valence-corrected chi connectivity index (χ1v) is 17.8. The van der Waals surface area contributed by atoms with E-state index in [2.05, 4.69) is 46.7 Å². The molecule has 0 aromatic rings. The third-order valence-corrected chi connectivity index (χ3v) is 7.55. The zero-order valence-electron chi connectivity index (χ0n) is 28.7. The molecular formula is C35H67N5O3. The molecule has 3 amide bonds. The lowest BCUT2D eigenvalue weighted by molar-refractivity contribution is -0.122. The van der Waals surface area contributed by atoms with Gasteiger partial charge < -0.3 is 10.6 Å². The highest BCUT2D eigenvalue weighted by molar-refractivity contribution is 6.06. The molecule has 0 bridgehead atoms. The van der Waals surface area contributed by atoms with E-state index in [4.69, 9.17) is 0 Å². The Bertz CT molecular complexity index is 781. The Kier molecular flexibility index (Phi) is 28.2. The maximum Gasteiger partial charge on any atom is 0.228 e. The van der Waals surface area contributed by atoms with Gasteiger partial charge in [0, 0.05) is 19.3 Å². The fraction of sp³-hybridized carbons (Fsp3) is 0.857. The summed E-state index contributed by atoms with van der Waals surface area (Å²) < 4.78 is 0. The lowest BCUT2D eigenvalue weighted by Gasteiger charge is -2.13. The van der Waals surface area contributed by atoms with Gasteiger partial charge in [0.05, 0.1) is 0 Å². The number of amides is 3. The van der Waals surface area contributed by atoms with E-state index in [-0.39, 0.29) is 23.7 Å². The van der Waals surface area contributed by atoms with Crippen molar-refractivity contribution in [1.82, 2.24) is 16.0 Å². The SMILES string of the molecule is CCCCCCCCCC(=O)NC(C)=NC(=NC(C)NC(=O)CCCCCCCCC)NC(=O)CCCCCCCCC. The summed E-state index contributed by atoms with van der Waals surface area (Å²) in [5.74, 6) is 0.205. The monoisotopic (exact) mass is 606 g/mol. The van der Waals surface area contributed by atoms with E-state index in [0.29, 0.717) is 25.1 Å². The second-order valence-electron chi connectivity index (χ2n) is 12.1. The minimum Gasteiger partial charge on any atom is -0.334 e. The van der Waals surface area contributed by atoms with Crippen molar-refractivity contribution in [2.45, 2.75) is 195 Å². The average Bonchev–Trinajstić information content (AvgIpc) is 2.95. The third-order valence-electron chi connectivity index (χ3n) is 7.55. The molecule has 0 heterocycles. The van der Waals surface area contributed by atoms with Crippen molar-refractivity contribution in [3.63, 3.8) is 0 Å². The van der Waals surface area contributed by atoms with Gasteiger partial charge in [-0.05, 0) is 33.1 Å². The highest BCUT2D eigenvalue weighted by atomic mass is 16.2. The summed E-state index contributed by atoms with van der Waals surface area (Å²) in [5.41, 5.74) is 0. The van der Waals surface area contributed by atoms with E-state index >= 15 is 0 Å². The van der Waals surface area contributed by atoms with Crippen LogP contribution >= 0.6 is 0 Å². The summed E-state index contributed by atoms with van der Waals surface area (Å²) in [6.45, 7) is 10.1. The van der Waals surface area contributed by atoms with Gasteiger partial charge in [-0.25, -0.2) is 9.98 Å². The van der Waals surface area contributed by atoms with Crippen molar-refractivity contribution >= 4 is 29.5 Å². The normalized spacial score (nSPS) is 12.7. The zero-order chi connectivity index (χ0) is 32.0. The smallest absolute Gasteiger partial charge is 0.228 e. The molecule has 1 unspecified atom stereocenters. The van der Waals surface area contributed by atoms with Crippen LogP contribution in [0.25, 0.3) is 0 Å². The van der Waals surface area contributed by atoms with Gasteiger partial charge in [-0.3, -0.25) is 19.7 Å². The van der Waals surface area contributed by atoms with Crippen LogP contribution in [0, 0.1) is 0 Å². The summed E-state index contributed by atoms with van der Waals surface area (Å²) in [6, 6.07) is 0. The first-order chi connectivity index (χ1) is 20.8. The molecule has 0 radical (unpaired) electrons. The molecule has 8 nitrogen and oxygen atoms in total. The Hall–Kier alpha value is -2.25. The van der Waals surface area contributed by atoms with Crippen LogP contribution < -0.4 is 16.0 Å². The molecule has 0 saturated carbocycles. The summed E-state index contributed by atoms with van der Waals surface area (Å²) in [4.78, 5) is 46.5. The number of aliphatic imine (C=N–C) groups is 2. The number of amidine groups is 1. The summed E-state index contributed by atoms with van der Waals surface area (Å²) in [5, 5.41) is 8.54. The minimum absolute atomic E-state index is 0.0535. The van der Waals surface area contributed by atoms with Crippen LogP contribution in [0.5, 0.6) is 0 Å². The molecule has 1 atom stereocenters. The number of carbonyl (C=O) groups excluding carboxylic acids is 3. The Morgan fingerprint density at radius 1 is 0.512 bits per heavy atom. The molecule has 0 aromatic carbocycles. The van der Waals surface area contributed by atoms with E-state index in [1.54, 1.807) is 13.8 Å². The van der Waals surface area contributed by atoms with Crippen LogP contribution in [-0.2, 0) is 14.4 Å². The number of nitrogens with one attached hydrogen (secondary N) is 3. The lowest BCUT2D eigenvalue weighted by Crippen LogP contribution is -2.37. The van der Waals surface area contributed by atoms with Gasteiger partial charge in [-0.15, -0.1) is 0 Å². The van der Waals surface area contributed by atoms with Crippen molar-refractivity contribution < 1.29 is 14.4 Å². The Labute approximate surface area is 264 Å². The van der Waals surface area contributed by atoms with E-state index < -0.39 is 6.17 Å². The molecule has 0 aromatic heterocycles. The second-order valence-corrected chi connectivity index (χ2v) is 12.1. The van der Waals surface area contributed by atoms with Crippen molar-refractivity contribution in [3.05, 3.63) is 0 Å². The van der Waals surface area contributed by atoms with E-state index in [1.807, 2.05) is 0 Å². The molecule has 43 heavy (non-hydrogen) atoms. The van der Waals surface area contributed by atoms with Crippen molar-refractivity contribution in [2.24, 2.45) is 9.98 Å². The van der Waals surface area contributed by atoms with Gasteiger partial charge >= 0.3 is 0 Å². The van der Waals surface area contributed by atoms with E-state index in [9.17, 15) is 14.4 Å². The van der Waals surface area contributed by atoms with Crippen molar-refractivity contribution in [3.8, 4) is 0 Å². The summed E-state index contributed by atoms with van der Waals surface area (Å²) in [6.07, 6.45) is 24.8. The topological polar surface area (TPSA) is 112 Å². The largest absolute Gasteiger partial charge is 0.334 e. The maximum absolute atomic E-state index is 12.7. The molecular weight excluding hydrogens is 538 g/mol. The molecule has 0 rings (SSSR count). The van der Waals surface area contributed by atoms with Gasteiger partial charge in [0.1, 0.15) is 12.0 Å². The predicted octanol–water partition coefficient (Wildman–Crippen LogP) is 8.88. The van der Waals surface area contributed by atoms with Gasteiger partial charge in [-0.2, -0.15) is 0 Å². The average molecular weight is 606 g/mol. The summed E-state index contributed by atoms with van der Waals surface area (Å²) >= 11 is 0. The van der Waals surface area contributed by atoms with Crippen LogP contribution in [0.2, 0.25) is 0 Å². The predicted molar refractivity (Wildman–Crippen MR) is 182 cm³/mol. The van der Waals surface area contributed by atoms with Crippen LogP contribution in [0.3, 0.4) is 0 Å². The molecule has 0 fully saturated rings. The Morgan fingerprint density at radius 3 is 1.28 bits per heavy atom. The van der Waals surface area contributed by atoms with Crippen LogP contribution in [0.4, 0.5) is 0 Å². The summed E-state index contributed by atoms with van der Waals surface area (Å²) in [7, 11) is 0. The minimum atomic E-state index is -0.550. The number of unbranched alkanes of at least 4 members (excludes halogenated alkanes) is 18. The first-order valence-electron chi connectivity index (χ1n) is 17.8. The van der Waals surface area contributed by atoms with E-state index in [1.165, 1.54) is 77.0 Å². The number of guanidine groups is 1. The first kappa shape index (κ1) is 40.8. The molecule has 3 N–H and O–H groups in total. The van der Waals surface area contributed by atoms with Gasteiger partial charge in [0.15, 0.2) is 0 Å². The Balaban J connectivity index is 4.90. The molecule has 0 aliphatic carbocycles. The van der Waals surface area contributed by atoms with Gasteiger partial charge in [0.25, 0.3) is 0 Å². The number of hydrogen-bond acceptors (Lipinski definition) is 4. The van der Waals surface area contributed by atoms with Gasteiger partial charge in [-0.1, -0.05) is 136 Å². The molecule has 0 saturated heterocycles. The molecule has 0 aliphatic rings.